The molecular weight excluding hydrogens is 284 g/mol. The number of carboxylic acids is 1. The normalized spacial score (nSPS) is 23.1. The fraction of sp³-hybridized carbons (Fsp3) is 0.538. The van der Waals surface area contributed by atoms with Gasteiger partial charge < -0.3 is 10.4 Å². The van der Waals surface area contributed by atoms with Gasteiger partial charge in [0.2, 0.25) is 0 Å². The third-order valence-electron chi connectivity index (χ3n) is 3.39. The number of carboxylic acid groups (broad SMARTS) is 1. The van der Waals surface area contributed by atoms with Crippen molar-refractivity contribution in [2.75, 3.05) is 11.6 Å². The van der Waals surface area contributed by atoms with Crippen molar-refractivity contribution in [1.82, 2.24) is 4.98 Å². The Balaban J connectivity index is 2.13. The minimum Gasteiger partial charge on any atom is -0.478 e. The molecule has 0 bridgehead atoms. The van der Waals surface area contributed by atoms with Crippen LogP contribution in [0.5, 0.6) is 0 Å². The number of carbonyl (C=O) groups is 1. The van der Waals surface area contributed by atoms with Gasteiger partial charge in [0, 0.05) is 11.3 Å². The second kappa shape index (κ2) is 6.48. The predicted molar refractivity (Wildman–Crippen MR) is 79.4 cm³/mol. The Hall–Kier alpha value is -0.940. The molecule has 104 valence electrons. The maximum absolute atomic E-state index is 11.2. The SMILES string of the molecule is CSC1CCCC(Nc2nc(Cl)ccc2C(=O)O)C1. The lowest BCUT2D eigenvalue weighted by atomic mass is 9.95. The summed E-state index contributed by atoms with van der Waals surface area (Å²) in [5.41, 5.74) is 0.177. The van der Waals surface area contributed by atoms with Crippen LogP contribution < -0.4 is 5.32 Å². The van der Waals surface area contributed by atoms with Gasteiger partial charge in [0.1, 0.15) is 16.5 Å². The van der Waals surface area contributed by atoms with Crippen LogP contribution >= 0.6 is 23.4 Å². The highest BCUT2D eigenvalue weighted by Crippen LogP contribution is 2.29. The summed E-state index contributed by atoms with van der Waals surface area (Å²) in [6, 6.07) is 3.27. The summed E-state index contributed by atoms with van der Waals surface area (Å²) in [4.78, 5) is 15.3. The number of hydrogen-bond donors (Lipinski definition) is 2. The molecule has 0 aromatic carbocycles. The van der Waals surface area contributed by atoms with Crippen molar-refractivity contribution < 1.29 is 9.90 Å². The number of aromatic nitrogens is 1. The van der Waals surface area contributed by atoms with Gasteiger partial charge in [-0.25, -0.2) is 9.78 Å². The number of halogens is 1. The molecule has 1 aromatic heterocycles. The average molecular weight is 301 g/mol. The highest BCUT2D eigenvalue weighted by atomic mass is 35.5. The van der Waals surface area contributed by atoms with Crippen LogP contribution in [0.15, 0.2) is 12.1 Å². The first-order valence-corrected chi connectivity index (χ1v) is 7.96. The standard InChI is InChI=1S/C13H17ClN2O2S/c1-19-9-4-2-3-8(7-9)15-12-10(13(17)18)5-6-11(14)16-12/h5-6,8-9H,2-4,7H2,1H3,(H,15,16)(H,17,18). The lowest BCUT2D eigenvalue weighted by Gasteiger charge is -2.29. The molecule has 0 spiro atoms. The second-order valence-electron chi connectivity index (χ2n) is 4.70. The maximum atomic E-state index is 11.2. The Bertz CT molecular complexity index is 470. The number of nitrogens with one attached hydrogen (secondary N) is 1. The van der Waals surface area contributed by atoms with E-state index < -0.39 is 5.97 Å². The Morgan fingerprint density at radius 2 is 2.32 bits per heavy atom. The molecular formula is C13H17ClN2O2S. The quantitative estimate of drug-likeness (QED) is 0.833. The van der Waals surface area contributed by atoms with Crippen LogP contribution in [0.3, 0.4) is 0 Å². The fourth-order valence-corrected chi connectivity index (χ4v) is 3.38. The van der Waals surface area contributed by atoms with E-state index in [9.17, 15) is 4.79 Å². The van der Waals surface area contributed by atoms with Crippen molar-refractivity contribution in [2.45, 2.75) is 37.0 Å². The van der Waals surface area contributed by atoms with Gasteiger partial charge >= 0.3 is 5.97 Å². The van der Waals surface area contributed by atoms with E-state index in [0.29, 0.717) is 16.2 Å². The Morgan fingerprint density at radius 1 is 1.53 bits per heavy atom. The number of rotatable bonds is 4. The van der Waals surface area contributed by atoms with Crippen molar-refractivity contribution in [3.8, 4) is 0 Å². The van der Waals surface area contributed by atoms with Crippen molar-refractivity contribution >= 4 is 35.1 Å². The highest BCUT2D eigenvalue weighted by Gasteiger charge is 2.23. The van der Waals surface area contributed by atoms with Crippen LogP contribution in [0.4, 0.5) is 5.82 Å². The maximum Gasteiger partial charge on any atom is 0.339 e. The molecule has 0 aliphatic heterocycles. The Labute approximate surface area is 121 Å². The zero-order chi connectivity index (χ0) is 13.8. The van der Waals surface area contributed by atoms with Gasteiger partial charge in [0.15, 0.2) is 0 Å². The predicted octanol–water partition coefficient (Wildman–Crippen LogP) is 3.52. The van der Waals surface area contributed by atoms with E-state index in [0.717, 1.165) is 19.3 Å². The third kappa shape index (κ3) is 3.76. The monoisotopic (exact) mass is 300 g/mol. The summed E-state index contributed by atoms with van der Waals surface area (Å²) in [5, 5.41) is 13.4. The first-order valence-electron chi connectivity index (χ1n) is 6.29. The molecule has 1 fully saturated rings. The van der Waals surface area contributed by atoms with Crippen LogP contribution in [0, 0.1) is 0 Å². The van der Waals surface area contributed by atoms with Gasteiger partial charge in [-0.3, -0.25) is 0 Å². The smallest absolute Gasteiger partial charge is 0.339 e. The minimum absolute atomic E-state index is 0.177. The van der Waals surface area contributed by atoms with E-state index in [1.165, 1.54) is 18.6 Å². The Kier molecular flexibility index (Phi) is 4.93. The molecule has 1 heterocycles. The molecule has 2 N–H and O–H groups in total. The first kappa shape index (κ1) is 14.5. The number of aromatic carboxylic acids is 1. The van der Waals surface area contributed by atoms with E-state index >= 15 is 0 Å². The lowest BCUT2D eigenvalue weighted by Crippen LogP contribution is -2.29. The molecule has 0 radical (unpaired) electrons. The lowest BCUT2D eigenvalue weighted by molar-refractivity contribution is 0.0697. The van der Waals surface area contributed by atoms with Crippen LogP contribution in [-0.4, -0.2) is 33.6 Å². The van der Waals surface area contributed by atoms with Crippen LogP contribution in [0.25, 0.3) is 0 Å². The molecule has 2 unspecified atom stereocenters. The molecule has 1 aliphatic rings. The van der Waals surface area contributed by atoms with Crippen molar-refractivity contribution in [1.29, 1.82) is 0 Å². The number of anilines is 1. The van der Waals surface area contributed by atoms with Crippen LogP contribution in [0.1, 0.15) is 36.0 Å². The van der Waals surface area contributed by atoms with E-state index in [1.807, 2.05) is 11.8 Å². The molecule has 6 heteroatoms. The molecule has 2 rings (SSSR count). The third-order valence-corrected chi connectivity index (χ3v) is 4.70. The minimum atomic E-state index is -0.983. The van der Waals surface area contributed by atoms with Crippen molar-refractivity contribution in [3.05, 3.63) is 22.8 Å². The molecule has 1 aromatic rings. The van der Waals surface area contributed by atoms with E-state index in [1.54, 1.807) is 0 Å². The molecule has 4 nitrogen and oxygen atoms in total. The summed E-state index contributed by atoms with van der Waals surface area (Å²) in [7, 11) is 0. The molecule has 0 amide bonds. The number of thioether (sulfide) groups is 1. The zero-order valence-electron chi connectivity index (χ0n) is 10.7. The summed E-state index contributed by atoms with van der Waals surface area (Å²) in [6.07, 6.45) is 6.59. The van der Waals surface area contributed by atoms with Gasteiger partial charge in [0.25, 0.3) is 0 Å². The number of nitrogens with zero attached hydrogens (tertiary/aromatic N) is 1. The largest absolute Gasteiger partial charge is 0.478 e. The van der Waals surface area contributed by atoms with Gasteiger partial charge in [-0.15, -0.1) is 0 Å². The topological polar surface area (TPSA) is 62.2 Å². The summed E-state index contributed by atoms with van der Waals surface area (Å²) < 4.78 is 0. The van der Waals surface area contributed by atoms with Gasteiger partial charge in [-0.05, 0) is 37.7 Å². The van der Waals surface area contributed by atoms with E-state index in [4.69, 9.17) is 16.7 Å². The zero-order valence-corrected chi connectivity index (χ0v) is 12.3. The van der Waals surface area contributed by atoms with Gasteiger partial charge in [0.05, 0.1) is 0 Å². The molecule has 2 atom stereocenters. The second-order valence-corrected chi connectivity index (χ2v) is 6.23. The molecule has 19 heavy (non-hydrogen) atoms. The average Bonchev–Trinajstić information content (AvgIpc) is 2.38. The summed E-state index contributed by atoms with van der Waals surface area (Å²) >= 11 is 7.72. The number of hydrogen-bond acceptors (Lipinski definition) is 4. The van der Waals surface area contributed by atoms with Crippen molar-refractivity contribution in [3.63, 3.8) is 0 Å². The van der Waals surface area contributed by atoms with Crippen molar-refractivity contribution in [2.24, 2.45) is 0 Å². The highest BCUT2D eigenvalue weighted by molar-refractivity contribution is 7.99. The van der Waals surface area contributed by atoms with E-state index in [2.05, 4.69) is 16.6 Å². The van der Waals surface area contributed by atoms with Gasteiger partial charge in [-0.2, -0.15) is 11.8 Å². The fourth-order valence-electron chi connectivity index (χ4n) is 2.40. The van der Waals surface area contributed by atoms with Crippen LogP contribution in [-0.2, 0) is 0 Å². The van der Waals surface area contributed by atoms with Gasteiger partial charge in [-0.1, -0.05) is 18.0 Å². The molecule has 0 saturated heterocycles. The Morgan fingerprint density at radius 3 is 3.00 bits per heavy atom. The molecule has 1 saturated carbocycles. The summed E-state index contributed by atoms with van der Waals surface area (Å²) in [6.45, 7) is 0. The summed E-state index contributed by atoms with van der Waals surface area (Å²) in [5.74, 6) is -0.601. The molecule has 1 aliphatic carbocycles. The number of pyridine rings is 1. The van der Waals surface area contributed by atoms with E-state index in [-0.39, 0.29) is 11.6 Å². The first-order chi connectivity index (χ1) is 9.10. The van der Waals surface area contributed by atoms with Crippen LogP contribution in [0.2, 0.25) is 5.15 Å².